The number of carbonyl (C=O) groups excluding carboxylic acids is 1. The van der Waals surface area contributed by atoms with E-state index in [9.17, 15) is 4.79 Å². The molecule has 2 heterocycles. The summed E-state index contributed by atoms with van der Waals surface area (Å²) in [5, 5.41) is 6.43. The summed E-state index contributed by atoms with van der Waals surface area (Å²) in [4.78, 5) is 21.7. The van der Waals surface area contributed by atoms with Crippen molar-refractivity contribution in [1.29, 1.82) is 0 Å². The van der Waals surface area contributed by atoms with Crippen molar-refractivity contribution in [3.05, 3.63) is 89.3 Å². The summed E-state index contributed by atoms with van der Waals surface area (Å²) in [6.07, 6.45) is 0. The Hall–Kier alpha value is -3.35. The summed E-state index contributed by atoms with van der Waals surface area (Å²) in [6.45, 7) is 0. The molecule has 3 aromatic carbocycles. The van der Waals surface area contributed by atoms with Gasteiger partial charge >= 0.3 is 0 Å². The number of para-hydroxylation sites is 1. The number of nitrogens with zero attached hydrogens (tertiary/aromatic N) is 2. The van der Waals surface area contributed by atoms with E-state index in [4.69, 9.17) is 4.98 Å². The molecular weight excluding hydrogens is 398 g/mol. The van der Waals surface area contributed by atoms with E-state index in [0.717, 1.165) is 37.7 Å². The van der Waals surface area contributed by atoms with E-state index in [-0.39, 0.29) is 5.91 Å². The highest BCUT2D eigenvalue weighted by atomic mass is 32.1. The number of nitrogens with one attached hydrogen (secondary N) is 1. The molecule has 0 fully saturated rings. The molecule has 5 aromatic rings. The molecule has 29 heavy (non-hydrogen) atoms. The number of aromatic nitrogens is 2. The number of thiazole rings is 2. The van der Waals surface area contributed by atoms with Gasteiger partial charge in [-0.25, -0.2) is 9.97 Å². The normalized spacial score (nSPS) is 10.9. The fourth-order valence-electron chi connectivity index (χ4n) is 3.00. The summed E-state index contributed by atoms with van der Waals surface area (Å²) in [7, 11) is 0. The van der Waals surface area contributed by atoms with Crippen LogP contribution < -0.4 is 5.32 Å². The first-order chi connectivity index (χ1) is 14.3. The maximum absolute atomic E-state index is 12.5. The van der Waals surface area contributed by atoms with Crippen LogP contribution in [0.25, 0.3) is 32.0 Å². The Balaban J connectivity index is 1.32. The van der Waals surface area contributed by atoms with E-state index in [1.54, 1.807) is 11.3 Å². The van der Waals surface area contributed by atoms with E-state index in [1.165, 1.54) is 11.3 Å². The van der Waals surface area contributed by atoms with Gasteiger partial charge in [0, 0.05) is 22.2 Å². The lowest BCUT2D eigenvalue weighted by Gasteiger charge is -2.04. The van der Waals surface area contributed by atoms with Crippen LogP contribution in [0.4, 0.5) is 5.69 Å². The largest absolute Gasteiger partial charge is 0.320 e. The zero-order chi connectivity index (χ0) is 19.6. The van der Waals surface area contributed by atoms with Crippen LogP contribution in [0.3, 0.4) is 0 Å². The Kier molecular flexibility index (Phi) is 4.63. The third-order valence-corrected chi connectivity index (χ3v) is 6.38. The summed E-state index contributed by atoms with van der Waals surface area (Å²) in [5.74, 6) is -0.195. The molecule has 0 aliphatic heterocycles. The van der Waals surface area contributed by atoms with Gasteiger partial charge in [-0.3, -0.25) is 4.79 Å². The Morgan fingerprint density at radius 2 is 1.55 bits per heavy atom. The molecule has 140 valence electrons. The topological polar surface area (TPSA) is 54.9 Å². The number of benzene rings is 3. The van der Waals surface area contributed by atoms with Gasteiger partial charge in [0.2, 0.25) is 0 Å². The maximum Gasteiger partial charge on any atom is 0.284 e. The van der Waals surface area contributed by atoms with Crippen molar-refractivity contribution >= 4 is 44.5 Å². The molecular formula is C23H15N3OS2. The van der Waals surface area contributed by atoms with Crippen LogP contribution >= 0.6 is 22.7 Å². The van der Waals surface area contributed by atoms with E-state index in [1.807, 2.05) is 66.7 Å². The molecule has 0 aliphatic rings. The van der Waals surface area contributed by atoms with Crippen molar-refractivity contribution in [2.45, 2.75) is 0 Å². The van der Waals surface area contributed by atoms with E-state index < -0.39 is 0 Å². The predicted molar refractivity (Wildman–Crippen MR) is 121 cm³/mol. The zero-order valence-corrected chi connectivity index (χ0v) is 16.8. The van der Waals surface area contributed by atoms with E-state index in [0.29, 0.717) is 5.01 Å². The lowest BCUT2D eigenvalue weighted by Crippen LogP contribution is -2.11. The van der Waals surface area contributed by atoms with Crippen molar-refractivity contribution in [3.8, 4) is 21.8 Å². The van der Waals surface area contributed by atoms with E-state index >= 15 is 0 Å². The van der Waals surface area contributed by atoms with Gasteiger partial charge in [0.1, 0.15) is 5.01 Å². The Labute approximate surface area is 175 Å². The molecule has 0 radical (unpaired) electrons. The number of rotatable bonds is 4. The first kappa shape index (κ1) is 17.7. The Bertz CT molecular complexity index is 1260. The SMILES string of the molecule is O=C(Nc1ccc(-c2csc(-c3ccccc3)n2)cc1)c1nc2ccccc2s1. The molecule has 0 saturated heterocycles. The van der Waals surface area contributed by atoms with Crippen molar-refractivity contribution in [1.82, 2.24) is 9.97 Å². The standard InChI is InChI=1S/C23H15N3OS2/c27-21(23-25-18-8-4-5-9-20(18)29-23)24-17-12-10-15(11-13-17)19-14-28-22(26-19)16-6-2-1-3-7-16/h1-14H,(H,24,27). The van der Waals surface area contributed by atoms with Gasteiger partial charge in [0.15, 0.2) is 5.01 Å². The molecule has 0 spiro atoms. The van der Waals surface area contributed by atoms with Gasteiger partial charge in [0.25, 0.3) is 5.91 Å². The highest BCUT2D eigenvalue weighted by Crippen LogP contribution is 2.29. The number of amides is 1. The highest BCUT2D eigenvalue weighted by molar-refractivity contribution is 7.20. The summed E-state index contributed by atoms with van der Waals surface area (Å²) in [5.41, 5.74) is 4.63. The van der Waals surface area contributed by atoms with Crippen molar-refractivity contribution in [3.63, 3.8) is 0 Å². The molecule has 4 nitrogen and oxygen atoms in total. The Morgan fingerprint density at radius 1 is 0.793 bits per heavy atom. The molecule has 6 heteroatoms. The van der Waals surface area contributed by atoms with Crippen LogP contribution in [0, 0.1) is 0 Å². The van der Waals surface area contributed by atoms with Crippen LogP contribution in [0.2, 0.25) is 0 Å². The summed E-state index contributed by atoms with van der Waals surface area (Å²) in [6, 6.07) is 25.6. The van der Waals surface area contributed by atoms with Gasteiger partial charge in [-0.2, -0.15) is 0 Å². The van der Waals surface area contributed by atoms with Crippen molar-refractivity contribution < 1.29 is 4.79 Å². The number of anilines is 1. The summed E-state index contributed by atoms with van der Waals surface area (Å²) < 4.78 is 1.01. The average molecular weight is 414 g/mol. The van der Waals surface area contributed by atoms with Gasteiger partial charge < -0.3 is 5.32 Å². The summed E-state index contributed by atoms with van der Waals surface area (Å²) >= 11 is 3.02. The number of hydrogen-bond donors (Lipinski definition) is 1. The lowest BCUT2D eigenvalue weighted by atomic mass is 10.1. The third kappa shape index (κ3) is 3.68. The molecule has 5 rings (SSSR count). The minimum Gasteiger partial charge on any atom is -0.320 e. The second kappa shape index (κ2) is 7.58. The molecule has 2 aromatic heterocycles. The number of hydrogen-bond acceptors (Lipinski definition) is 5. The predicted octanol–water partition coefficient (Wildman–Crippen LogP) is 6.34. The Morgan fingerprint density at radius 3 is 2.34 bits per heavy atom. The molecule has 0 aliphatic carbocycles. The number of carbonyl (C=O) groups is 1. The second-order valence-corrected chi connectivity index (χ2v) is 8.31. The maximum atomic E-state index is 12.5. The van der Waals surface area contributed by atoms with Crippen LogP contribution in [-0.2, 0) is 0 Å². The number of fused-ring (bicyclic) bond motifs is 1. The lowest BCUT2D eigenvalue weighted by molar-refractivity contribution is 0.102. The first-order valence-corrected chi connectivity index (χ1v) is 10.7. The smallest absolute Gasteiger partial charge is 0.284 e. The first-order valence-electron chi connectivity index (χ1n) is 9.04. The van der Waals surface area contributed by atoms with Crippen LogP contribution in [0.5, 0.6) is 0 Å². The minimum atomic E-state index is -0.195. The van der Waals surface area contributed by atoms with Crippen LogP contribution in [0.1, 0.15) is 9.80 Å². The van der Waals surface area contributed by atoms with E-state index in [2.05, 4.69) is 27.8 Å². The van der Waals surface area contributed by atoms with Gasteiger partial charge in [-0.05, 0) is 24.3 Å². The molecule has 0 bridgehead atoms. The highest BCUT2D eigenvalue weighted by Gasteiger charge is 2.13. The molecule has 0 saturated carbocycles. The fraction of sp³-hybridized carbons (Fsp3) is 0. The van der Waals surface area contributed by atoms with Gasteiger partial charge in [0.05, 0.1) is 15.9 Å². The van der Waals surface area contributed by atoms with Crippen LogP contribution in [0.15, 0.2) is 84.2 Å². The minimum absolute atomic E-state index is 0.195. The van der Waals surface area contributed by atoms with Crippen molar-refractivity contribution in [2.75, 3.05) is 5.32 Å². The van der Waals surface area contributed by atoms with Gasteiger partial charge in [-0.15, -0.1) is 22.7 Å². The second-order valence-electron chi connectivity index (χ2n) is 6.42. The van der Waals surface area contributed by atoms with Crippen LogP contribution in [-0.4, -0.2) is 15.9 Å². The zero-order valence-electron chi connectivity index (χ0n) is 15.2. The molecule has 1 amide bonds. The third-order valence-electron chi connectivity index (χ3n) is 4.45. The molecule has 0 unspecified atom stereocenters. The average Bonchev–Trinajstić information content (AvgIpc) is 3.42. The fourth-order valence-corrected chi connectivity index (χ4v) is 4.69. The monoisotopic (exact) mass is 413 g/mol. The van der Waals surface area contributed by atoms with Crippen molar-refractivity contribution in [2.24, 2.45) is 0 Å². The molecule has 0 atom stereocenters. The quantitative estimate of drug-likeness (QED) is 0.374. The molecule has 1 N–H and O–H groups in total. The van der Waals surface area contributed by atoms with Gasteiger partial charge in [-0.1, -0.05) is 54.6 Å².